The SMILES string of the molecule is CCNC(=NCCCC(=O)OCC)N1CCC(COCc2ccccc2)C1.I. The van der Waals surface area contributed by atoms with Gasteiger partial charge in [0.25, 0.3) is 0 Å². The first-order valence-corrected chi connectivity index (χ1v) is 10.0. The van der Waals surface area contributed by atoms with E-state index in [-0.39, 0.29) is 29.9 Å². The van der Waals surface area contributed by atoms with E-state index in [0.717, 1.165) is 38.6 Å². The summed E-state index contributed by atoms with van der Waals surface area (Å²) in [5, 5.41) is 3.36. The van der Waals surface area contributed by atoms with Crippen molar-refractivity contribution in [3.8, 4) is 0 Å². The molecule has 158 valence electrons. The molecule has 1 N–H and O–H groups in total. The van der Waals surface area contributed by atoms with Gasteiger partial charge in [0.2, 0.25) is 0 Å². The van der Waals surface area contributed by atoms with Gasteiger partial charge in [-0.25, -0.2) is 0 Å². The second-order valence-electron chi connectivity index (χ2n) is 6.75. The molecule has 1 fully saturated rings. The minimum Gasteiger partial charge on any atom is -0.466 e. The summed E-state index contributed by atoms with van der Waals surface area (Å²) in [5.41, 5.74) is 1.21. The van der Waals surface area contributed by atoms with Gasteiger partial charge in [-0.1, -0.05) is 30.3 Å². The van der Waals surface area contributed by atoms with Gasteiger partial charge in [0.05, 0.1) is 19.8 Å². The Balaban J connectivity index is 0.00000392. The maximum Gasteiger partial charge on any atom is 0.305 e. The van der Waals surface area contributed by atoms with Crippen molar-refractivity contribution in [3.63, 3.8) is 0 Å². The summed E-state index contributed by atoms with van der Waals surface area (Å²) in [6.07, 6.45) is 2.25. The van der Waals surface area contributed by atoms with Crippen molar-refractivity contribution in [2.24, 2.45) is 10.9 Å². The number of ether oxygens (including phenoxy) is 2. The van der Waals surface area contributed by atoms with Crippen molar-refractivity contribution in [1.82, 2.24) is 10.2 Å². The van der Waals surface area contributed by atoms with Crippen molar-refractivity contribution < 1.29 is 14.3 Å². The largest absolute Gasteiger partial charge is 0.466 e. The lowest BCUT2D eigenvalue weighted by Crippen LogP contribution is -2.40. The van der Waals surface area contributed by atoms with Crippen LogP contribution in [0.2, 0.25) is 0 Å². The Morgan fingerprint density at radius 1 is 1.29 bits per heavy atom. The van der Waals surface area contributed by atoms with Crippen LogP contribution in [0.1, 0.15) is 38.7 Å². The molecule has 0 aromatic heterocycles. The van der Waals surface area contributed by atoms with Gasteiger partial charge in [0, 0.05) is 38.5 Å². The maximum absolute atomic E-state index is 11.4. The molecular formula is C21H34IN3O3. The van der Waals surface area contributed by atoms with Gasteiger partial charge < -0.3 is 19.7 Å². The Labute approximate surface area is 186 Å². The van der Waals surface area contributed by atoms with E-state index in [1.807, 2.05) is 25.1 Å². The number of benzene rings is 1. The molecule has 0 bridgehead atoms. The number of likely N-dealkylation sites (tertiary alicyclic amines) is 1. The van der Waals surface area contributed by atoms with Gasteiger partial charge in [0.1, 0.15) is 0 Å². The number of aliphatic imine (C=N–C) groups is 1. The highest BCUT2D eigenvalue weighted by Gasteiger charge is 2.24. The van der Waals surface area contributed by atoms with Gasteiger partial charge in [-0.05, 0) is 32.3 Å². The third-order valence-corrected chi connectivity index (χ3v) is 4.49. The zero-order valence-electron chi connectivity index (χ0n) is 17.1. The smallest absolute Gasteiger partial charge is 0.305 e. The first-order chi connectivity index (χ1) is 13.2. The van der Waals surface area contributed by atoms with Gasteiger partial charge in [-0.3, -0.25) is 9.79 Å². The number of guanidine groups is 1. The Morgan fingerprint density at radius 2 is 2.07 bits per heavy atom. The molecule has 6 nitrogen and oxygen atoms in total. The molecular weight excluding hydrogens is 469 g/mol. The lowest BCUT2D eigenvalue weighted by atomic mass is 10.1. The molecule has 0 radical (unpaired) electrons. The van der Waals surface area contributed by atoms with Gasteiger partial charge >= 0.3 is 5.97 Å². The zero-order chi connectivity index (χ0) is 19.3. The van der Waals surface area contributed by atoms with Gasteiger partial charge in [-0.2, -0.15) is 0 Å². The third-order valence-electron chi connectivity index (χ3n) is 4.49. The highest BCUT2D eigenvalue weighted by Crippen LogP contribution is 2.17. The molecule has 0 amide bonds. The number of hydrogen-bond donors (Lipinski definition) is 1. The number of carbonyl (C=O) groups is 1. The van der Waals surface area contributed by atoms with Crippen LogP contribution in [-0.4, -0.2) is 56.2 Å². The molecule has 0 aliphatic carbocycles. The van der Waals surface area contributed by atoms with Crippen LogP contribution >= 0.6 is 24.0 Å². The fourth-order valence-electron chi connectivity index (χ4n) is 3.15. The average molecular weight is 503 g/mol. The molecule has 2 rings (SSSR count). The van der Waals surface area contributed by atoms with Crippen molar-refractivity contribution in [2.75, 3.05) is 39.4 Å². The summed E-state index contributed by atoms with van der Waals surface area (Å²) in [4.78, 5) is 18.4. The van der Waals surface area contributed by atoms with Gasteiger partial charge in [-0.15, -0.1) is 24.0 Å². The first-order valence-electron chi connectivity index (χ1n) is 10.0. The quantitative estimate of drug-likeness (QED) is 0.174. The number of esters is 1. The second kappa shape index (κ2) is 14.6. The molecule has 1 aliphatic heterocycles. The number of carbonyl (C=O) groups excluding carboxylic acids is 1. The molecule has 7 heteroatoms. The summed E-state index contributed by atoms with van der Waals surface area (Å²) in [6, 6.07) is 10.3. The Kier molecular flexibility index (Phi) is 12.9. The fraction of sp³-hybridized carbons (Fsp3) is 0.619. The molecule has 1 aromatic rings. The van der Waals surface area contributed by atoms with E-state index >= 15 is 0 Å². The Bertz CT molecular complexity index is 584. The van der Waals surface area contributed by atoms with Crippen molar-refractivity contribution in [2.45, 2.75) is 39.7 Å². The van der Waals surface area contributed by atoms with Crippen LogP contribution in [0.5, 0.6) is 0 Å². The molecule has 1 unspecified atom stereocenters. The van der Waals surface area contributed by atoms with E-state index in [0.29, 0.717) is 38.5 Å². The standard InChI is InChI=1S/C21H33N3O3.HI/c1-3-22-21(23-13-8-11-20(25)27-4-2)24-14-12-19(15-24)17-26-16-18-9-6-5-7-10-18;/h5-7,9-10,19H,3-4,8,11-17H2,1-2H3,(H,22,23);1H. The summed E-state index contributed by atoms with van der Waals surface area (Å²) < 4.78 is 10.9. The summed E-state index contributed by atoms with van der Waals surface area (Å²) >= 11 is 0. The van der Waals surface area contributed by atoms with Gasteiger partial charge in [0.15, 0.2) is 5.96 Å². The molecule has 0 spiro atoms. The van der Waals surface area contributed by atoms with Crippen LogP contribution in [0.15, 0.2) is 35.3 Å². The van der Waals surface area contributed by atoms with Crippen LogP contribution in [-0.2, 0) is 20.9 Å². The van der Waals surface area contributed by atoms with E-state index in [2.05, 4.69) is 34.3 Å². The number of halogens is 1. The van der Waals surface area contributed by atoms with Crippen molar-refractivity contribution in [3.05, 3.63) is 35.9 Å². The van der Waals surface area contributed by atoms with E-state index < -0.39 is 0 Å². The Morgan fingerprint density at radius 3 is 2.79 bits per heavy atom. The van der Waals surface area contributed by atoms with Crippen LogP contribution < -0.4 is 5.32 Å². The predicted octanol–water partition coefficient (Wildman–Crippen LogP) is 3.45. The fourth-order valence-corrected chi connectivity index (χ4v) is 3.15. The minimum atomic E-state index is -0.144. The molecule has 1 atom stereocenters. The zero-order valence-corrected chi connectivity index (χ0v) is 19.4. The summed E-state index contributed by atoms with van der Waals surface area (Å²) in [7, 11) is 0. The molecule has 1 aliphatic rings. The predicted molar refractivity (Wildman–Crippen MR) is 123 cm³/mol. The molecule has 0 saturated carbocycles. The molecule has 28 heavy (non-hydrogen) atoms. The van der Waals surface area contributed by atoms with Crippen molar-refractivity contribution in [1.29, 1.82) is 0 Å². The monoisotopic (exact) mass is 503 g/mol. The molecule has 1 heterocycles. The topological polar surface area (TPSA) is 63.2 Å². The highest BCUT2D eigenvalue weighted by molar-refractivity contribution is 14.0. The lowest BCUT2D eigenvalue weighted by Gasteiger charge is -2.21. The molecule has 1 aromatic carbocycles. The number of nitrogens with one attached hydrogen (secondary N) is 1. The third kappa shape index (κ3) is 9.23. The Hall–Kier alpha value is -1.35. The molecule has 1 saturated heterocycles. The van der Waals surface area contributed by atoms with E-state index in [1.165, 1.54) is 5.56 Å². The number of nitrogens with zero attached hydrogens (tertiary/aromatic N) is 2. The average Bonchev–Trinajstić information content (AvgIpc) is 3.14. The summed E-state index contributed by atoms with van der Waals surface area (Å²) in [6.45, 7) is 9.19. The first kappa shape index (κ1) is 24.7. The summed E-state index contributed by atoms with van der Waals surface area (Å²) in [5.74, 6) is 1.32. The van der Waals surface area contributed by atoms with Crippen LogP contribution in [0.25, 0.3) is 0 Å². The lowest BCUT2D eigenvalue weighted by molar-refractivity contribution is -0.143. The second-order valence-corrected chi connectivity index (χ2v) is 6.75. The van der Waals surface area contributed by atoms with Crippen LogP contribution in [0.4, 0.5) is 0 Å². The van der Waals surface area contributed by atoms with E-state index in [9.17, 15) is 4.79 Å². The number of hydrogen-bond acceptors (Lipinski definition) is 4. The van der Waals surface area contributed by atoms with E-state index in [1.54, 1.807) is 0 Å². The number of rotatable bonds is 10. The normalized spacial score (nSPS) is 16.6. The van der Waals surface area contributed by atoms with Crippen molar-refractivity contribution >= 4 is 35.9 Å². The van der Waals surface area contributed by atoms with Crippen LogP contribution in [0.3, 0.4) is 0 Å². The minimum absolute atomic E-state index is 0. The van der Waals surface area contributed by atoms with E-state index in [4.69, 9.17) is 9.47 Å². The van der Waals surface area contributed by atoms with Crippen LogP contribution in [0, 0.1) is 5.92 Å². The highest BCUT2D eigenvalue weighted by atomic mass is 127. The maximum atomic E-state index is 11.4.